The van der Waals surface area contributed by atoms with Crippen LogP contribution in [-0.4, -0.2) is 169 Å². The molecule has 444 valence electrons. The van der Waals surface area contributed by atoms with Gasteiger partial charge in [-0.3, -0.25) is 47.9 Å². The maximum Gasteiger partial charge on any atom is 0.245 e. The van der Waals surface area contributed by atoms with E-state index < -0.39 is 145 Å². The molecule has 2 aliphatic rings. The monoisotopic (exact) mass is 1110 g/mol. The van der Waals surface area contributed by atoms with E-state index in [1.54, 1.807) is 27.7 Å². The predicted molar refractivity (Wildman–Crippen MR) is 293 cm³/mol. The summed E-state index contributed by atoms with van der Waals surface area (Å²) in [4.78, 5) is 141. The van der Waals surface area contributed by atoms with E-state index in [-0.39, 0.29) is 82.5 Å². The van der Waals surface area contributed by atoms with Gasteiger partial charge in [-0.25, -0.2) is 0 Å². The Kier molecular flexibility index (Phi) is 28.8. The summed E-state index contributed by atoms with van der Waals surface area (Å²) in [6, 6.07) is -3.85. The SMILES string of the molecule is CC(C)C[C@@H]1NC(=O)[C@@H](CC(C)C)NC(=O)[C@H](CCN)NC(=O)[C@@H](NC(=O)[C@H](CCN)NC(=O)[C@@H](NC(=O)C(c2ccccc2)C2CCCC2)[C@@H](C)O)CCNC(=O)[C@H]([C@@H](C)O)NC(=O)[C@H](CCN)NC(=O)[C@H](CCN)NC1=O. The molecule has 26 nitrogen and oxygen atoms in total. The maximum absolute atomic E-state index is 14.4. The molecule has 1 aliphatic carbocycles. The Balaban J connectivity index is 2.06. The summed E-state index contributed by atoms with van der Waals surface area (Å²) in [6.45, 7) is 8.76. The molecule has 1 heterocycles. The lowest BCUT2D eigenvalue weighted by atomic mass is 9.84. The highest BCUT2D eigenvalue weighted by Gasteiger charge is 2.39. The van der Waals surface area contributed by atoms with Crippen LogP contribution >= 0.6 is 0 Å². The molecule has 0 aromatic heterocycles. The highest BCUT2D eigenvalue weighted by Crippen LogP contribution is 2.37. The van der Waals surface area contributed by atoms with E-state index in [4.69, 9.17) is 22.9 Å². The largest absolute Gasteiger partial charge is 0.391 e. The summed E-state index contributed by atoms with van der Waals surface area (Å²) >= 11 is 0. The van der Waals surface area contributed by atoms with Gasteiger partial charge in [0.25, 0.3) is 0 Å². The van der Waals surface area contributed by atoms with E-state index in [9.17, 15) is 58.2 Å². The Morgan fingerprint density at radius 2 is 1.01 bits per heavy atom. The topological polar surface area (TPSA) is 436 Å². The highest BCUT2D eigenvalue weighted by molar-refractivity contribution is 5.99. The summed E-state index contributed by atoms with van der Waals surface area (Å²) in [5.74, 6) is -9.51. The minimum atomic E-state index is -1.66. The molecule has 1 aromatic rings. The summed E-state index contributed by atoms with van der Waals surface area (Å²) in [5, 5.41) is 47.6. The van der Waals surface area contributed by atoms with E-state index >= 15 is 0 Å². The van der Waals surface area contributed by atoms with E-state index in [0.29, 0.717) is 0 Å². The maximum atomic E-state index is 14.4. The molecule has 0 radical (unpaired) electrons. The van der Waals surface area contributed by atoms with Crippen molar-refractivity contribution in [1.82, 2.24) is 53.2 Å². The molecule has 1 saturated carbocycles. The van der Waals surface area contributed by atoms with Gasteiger partial charge >= 0.3 is 0 Å². The number of nitrogens with two attached hydrogens (primary N) is 4. The number of carbonyl (C=O) groups is 10. The van der Waals surface area contributed by atoms with Crippen molar-refractivity contribution >= 4 is 59.1 Å². The standard InChI is InChI=1S/C53H90N14O12/c1-28(2)26-39-49(75)61-34(16-21-54)44(70)60-37(19-24-57)48(74)66-42(30(5)68)52(78)58-25-20-38(47(73)59-35(17-22-55)46(72)64-40(27-29(3)4)50(76)65-39)62-45(71)36(18-23-56)63-53(79)43(31(6)69)67-51(77)41(33-14-10-11-15-33)32-12-8-7-9-13-32/h7-9,12-13,28-31,33-43,68-69H,10-11,14-27,54-57H2,1-6H3,(H,58,78)(H,59,73)(H,60,70)(H,61,75)(H,62,71)(H,63,79)(H,64,72)(H,65,76)(H,66,74)(H,67,77)/t30-,31-,34+,35+,36+,37+,38+,39+,40-,41?,42+,43+/m1/s1. The van der Waals surface area contributed by atoms with Gasteiger partial charge in [0.15, 0.2) is 0 Å². The first kappa shape index (κ1) is 67.0. The summed E-state index contributed by atoms with van der Waals surface area (Å²) in [6.07, 6.45) is -0.458. The molecule has 3 rings (SSSR count). The van der Waals surface area contributed by atoms with Crippen LogP contribution in [0.5, 0.6) is 0 Å². The number of benzene rings is 1. The molecule has 1 saturated heterocycles. The molecule has 0 bridgehead atoms. The van der Waals surface area contributed by atoms with Crippen LogP contribution in [0.1, 0.15) is 124 Å². The number of rotatable bonds is 22. The zero-order chi connectivity index (χ0) is 58.9. The molecule has 10 amide bonds. The first-order chi connectivity index (χ1) is 37.5. The fourth-order valence-electron chi connectivity index (χ4n) is 9.66. The number of carbonyl (C=O) groups excluding carboxylic acids is 10. The number of hydrogen-bond donors (Lipinski definition) is 16. The van der Waals surface area contributed by atoms with Crippen molar-refractivity contribution in [3.8, 4) is 0 Å². The lowest BCUT2D eigenvalue weighted by Crippen LogP contribution is -2.61. The molecular formula is C53H90N14O12. The molecule has 0 spiro atoms. The Morgan fingerprint density at radius 3 is 1.46 bits per heavy atom. The summed E-state index contributed by atoms with van der Waals surface area (Å²) in [7, 11) is 0. The number of nitrogens with one attached hydrogen (secondary N) is 10. The Bertz CT molecular complexity index is 2180. The number of amides is 10. The van der Waals surface area contributed by atoms with Gasteiger partial charge in [0.1, 0.15) is 54.4 Å². The third kappa shape index (κ3) is 21.7. The predicted octanol–water partition coefficient (Wildman–Crippen LogP) is -3.91. The zero-order valence-corrected chi connectivity index (χ0v) is 46.6. The number of aliphatic hydroxyl groups excluding tert-OH is 2. The summed E-state index contributed by atoms with van der Waals surface area (Å²) < 4.78 is 0. The van der Waals surface area contributed by atoms with E-state index in [2.05, 4.69) is 53.2 Å². The first-order valence-corrected chi connectivity index (χ1v) is 27.7. The van der Waals surface area contributed by atoms with Crippen LogP contribution in [0, 0.1) is 17.8 Å². The average molecular weight is 1120 g/mol. The number of aliphatic hydroxyl groups is 2. The van der Waals surface area contributed by atoms with Crippen LogP contribution in [0.2, 0.25) is 0 Å². The third-order valence-electron chi connectivity index (χ3n) is 13.8. The zero-order valence-electron chi connectivity index (χ0n) is 46.6. The van der Waals surface area contributed by atoms with Crippen molar-refractivity contribution in [2.75, 3.05) is 32.7 Å². The minimum Gasteiger partial charge on any atom is -0.391 e. The molecule has 12 atom stereocenters. The van der Waals surface area contributed by atoms with Crippen molar-refractivity contribution in [2.24, 2.45) is 40.7 Å². The van der Waals surface area contributed by atoms with Gasteiger partial charge in [0.05, 0.1) is 18.1 Å². The fraction of sp³-hybridized carbons (Fsp3) is 0.698. The highest BCUT2D eigenvalue weighted by atomic mass is 16.3. The van der Waals surface area contributed by atoms with Gasteiger partial charge in [0, 0.05) is 6.54 Å². The van der Waals surface area contributed by atoms with Crippen LogP contribution in [0.3, 0.4) is 0 Å². The van der Waals surface area contributed by atoms with Crippen molar-refractivity contribution in [3.63, 3.8) is 0 Å². The lowest BCUT2D eigenvalue weighted by molar-refractivity contribution is -0.136. The second kappa shape index (κ2) is 34.0. The second-order valence-corrected chi connectivity index (χ2v) is 21.5. The average Bonchev–Trinajstić information content (AvgIpc) is 3.92. The van der Waals surface area contributed by atoms with Crippen molar-refractivity contribution in [3.05, 3.63) is 35.9 Å². The van der Waals surface area contributed by atoms with Gasteiger partial charge in [-0.15, -0.1) is 0 Å². The molecular weight excluding hydrogens is 1020 g/mol. The van der Waals surface area contributed by atoms with Gasteiger partial charge < -0.3 is 86.3 Å². The number of hydrogen-bond acceptors (Lipinski definition) is 16. The fourth-order valence-corrected chi connectivity index (χ4v) is 9.66. The Morgan fingerprint density at radius 1 is 0.557 bits per heavy atom. The van der Waals surface area contributed by atoms with E-state index in [1.165, 1.54) is 13.8 Å². The molecule has 1 aromatic carbocycles. The molecule has 79 heavy (non-hydrogen) atoms. The normalized spacial score (nSPS) is 24.7. The van der Waals surface area contributed by atoms with Crippen LogP contribution < -0.4 is 76.1 Å². The van der Waals surface area contributed by atoms with Gasteiger partial charge in [0.2, 0.25) is 59.1 Å². The Labute approximate surface area is 463 Å². The molecule has 1 aliphatic heterocycles. The minimum absolute atomic E-state index is 0.0178. The summed E-state index contributed by atoms with van der Waals surface area (Å²) in [5.41, 5.74) is 24.3. The van der Waals surface area contributed by atoms with E-state index in [0.717, 1.165) is 31.2 Å². The lowest BCUT2D eigenvalue weighted by Gasteiger charge is -2.29. The molecule has 2 fully saturated rings. The van der Waals surface area contributed by atoms with Crippen LogP contribution in [0.25, 0.3) is 0 Å². The second-order valence-electron chi connectivity index (χ2n) is 21.5. The molecule has 26 heteroatoms. The van der Waals surface area contributed by atoms with Crippen LogP contribution in [-0.2, 0) is 47.9 Å². The third-order valence-corrected chi connectivity index (χ3v) is 13.8. The quantitative estimate of drug-likeness (QED) is 0.0528. The van der Waals surface area contributed by atoms with E-state index in [1.807, 2.05) is 30.3 Å². The van der Waals surface area contributed by atoms with Crippen LogP contribution in [0.4, 0.5) is 0 Å². The smallest absolute Gasteiger partial charge is 0.245 e. The van der Waals surface area contributed by atoms with Crippen molar-refractivity contribution in [2.45, 2.75) is 185 Å². The molecule has 20 N–H and O–H groups in total. The van der Waals surface area contributed by atoms with Gasteiger partial charge in [-0.2, -0.15) is 0 Å². The van der Waals surface area contributed by atoms with Crippen molar-refractivity contribution in [1.29, 1.82) is 0 Å². The first-order valence-electron chi connectivity index (χ1n) is 27.7. The van der Waals surface area contributed by atoms with Crippen LogP contribution in [0.15, 0.2) is 30.3 Å². The van der Waals surface area contributed by atoms with Gasteiger partial charge in [-0.05, 0) is 121 Å². The van der Waals surface area contributed by atoms with Gasteiger partial charge in [-0.1, -0.05) is 70.9 Å². The van der Waals surface area contributed by atoms with Crippen molar-refractivity contribution < 1.29 is 58.2 Å². The Hall–Kier alpha value is -6.32. The molecule has 1 unspecified atom stereocenters.